The topological polar surface area (TPSA) is 12.9 Å². The van der Waals surface area contributed by atoms with Gasteiger partial charge in [-0.2, -0.15) is 0 Å². The lowest BCUT2D eigenvalue weighted by atomic mass is 9.80. The van der Waals surface area contributed by atoms with Crippen LogP contribution in [0.15, 0.2) is 18.3 Å². The van der Waals surface area contributed by atoms with Crippen LogP contribution in [-0.4, -0.2) is 4.98 Å². The van der Waals surface area contributed by atoms with Crippen molar-refractivity contribution < 1.29 is 0 Å². The van der Waals surface area contributed by atoms with Crippen LogP contribution in [0, 0.1) is 0 Å². The third-order valence-electron chi connectivity index (χ3n) is 3.38. The first kappa shape index (κ1) is 7.54. The van der Waals surface area contributed by atoms with E-state index in [2.05, 4.69) is 17.1 Å². The van der Waals surface area contributed by atoms with Crippen molar-refractivity contribution in [3.05, 3.63) is 29.6 Å². The normalized spacial score (nSPS) is 22.8. The molecule has 1 aromatic rings. The fourth-order valence-corrected chi connectivity index (χ4v) is 2.06. The number of aromatic nitrogens is 1. The van der Waals surface area contributed by atoms with Crippen LogP contribution in [0.3, 0.4) is 0 Å². The highest BCUT2D eigenvalue weighted by atomic mass is 14.7. The SMILES string of the molecule is c1cc(C2CCC2)cc(C2CC2)n1. The number of rotatable bonds is 2. The van der Waals surface area contributed by atoms with Gasteiger partial charge in [-0.1, -0.05) is 6.42 Å². The summed E-state index contributed by atoms with van der Waals surface area (Å²) in [6, 6.07) is 4.55. The maximum Gasteiger partial charge on any atom is 0.0437 e. The first-order chi connectivity index (χ1) is 6.43. The Morgan fingerprint density at radius 3 is 2.54 bits per heavy atom. The van der Waals surface area contributed by atoms with Crippen LogP contribution in [0.1, 0.15) is 55.2 Å². The minimum absolute atomic E-state index is 0.806. The van der Waals surface area contributed by atoms with Crippen LogP contribution in [0.25, 0.3) is 0 Å². The molecule has 1 aromatic heterocycles. The predicted octanol–water partition coefficient (Wildman–Crippen LogP) is 3.23. The standard InChI is InChI=1S/C12H15N/c1-2-9(3-1)11-6-7-13-12(8-11)10-4-5-10/h6-10H,1-5H2. The van der Waals surface area contributed by atoms with Gasteiger partial charge < -0.3 is 0 Å². The highest BCUT2D eigenvalue weighted by Crippen LogP contribution is 2.41. The average molecular weight is 173 g/mol. The summed E-state index contributed by atoms with van der Waals surface area (Å²) in [4.78, 5) is 4.44. The van der Waals surface area contributed by atoms with Crippen molar-refractivity contribution in [1.82, 2.24) is 4.98 Å². The van der Waals surface area contributed by atoms with Gasteiger partial charge in [-0.05, 0) is 49.3 Å². The van der Waals surface area contributed by atoms with Gasteiger partial charge in [-0.3, -0.25) is 4.98 Å². The second kappa shape index (κ2) is 2.83. The van der Waals surface area contributed by atoms with E-state index in [4.69, 9.17) is 0 Å². The van der Waals surface area contributed by atoms with Gasteiger partial charge in [0.25, 0.3) is 0 Å². The minimum Gasteiger partial charge on any atom is -0.261 e. The van der Waals surface area contributed by atoms with Crippen molar-refractivity contribution in [3.63, 3.8) is 0 Å². The van der Waals surface area contributed by atoms with Crippen LogP contribution in [0.4, 0.5) is 0 Å². The van der Waals surface area contributed by atoms with Crippen molar-refractivity contribution in [2.24, 2.45) is 0 Å². The molecule has 0 amide bonds. The van der Waals surface area contributed by atoms with E-state index in [0.29, 0.717) is 0 Å². The number of hydrogen-bond donors (Lipinski definition) is 0. The molecule has 0 aromatic carbocycles. The zero-order chi connectivity index (χ0) is 8.67. The van der Waals surface area contributed by atoms with E-state index in [1.165, 1.54) is 37.8 Å². The van der Waals surface area contributed by atoms with Crippen LogP contribution in [-0.2, 0) is 0 Å². The number of pyridine rings is 1. The monoisotopic (exact) mass is 173 g/mol. The van der Waals surface area contributed by atoms with Crippen molar-refractivity contribution >= 4 is 0 Å². The summed E-state index contributed by atoms with van der Waals surface area (Å²) in [5.74, 6) is 1.67. The quantitative estimate of drug-likeness (QED) is 0.669. The Bertz CT molecular complexity index is 311. The van der Waals surface area contributed by atoms with E-state index < -0.39 is 0 Å². The maximum absolute atomic E-state index is 4.44. The molecule has 0 N–H and O–H groups in total. The molecule has 68 valence electrons. The summed E-state index contributed by atoms with van der Waals surface area (Å²) in [5, 5.41) is 0. The zero-order valence-electron chi connectivity index (χ0n) is 7.87. The molecule has 0 unspecified atom stereocenters. The number of nitrogens with zero attached hydrogens (tertiary/aromatic N) is 1. The molecule has 13 heavy (non-hydrogen) atoms. The highest BCUT2D eigenvalue weighted by molar-refractivity contribution is 5.26. The van der Waals surface area contributed by atoms with Crippen molar-refractivity contribution in [2.45, 2.75) is 43.9 Å². The van der Waals surface area contributed by atoms with Gasteiger partial charge in [0.05, 0.1) is 0 Å². The number of hydrogen-bond acceptors (Lipinski definition) is 1. The molecule has 2 saturated carbocycles. The molecular formula is C12H15N. The fraction of sp³-hybridized carbons (Fsp3) is 0.583. The summed E-state index contributed by atoms with van der Waals surface area (Å²) >= 11 is 0. The lowest BCUT2D eigenvalue weighted by Gasteiger charge is -2.25. The van der Waals surface area contributed by atoms with E-state index >= 15 is 0 Å². The molecule has 1 nitrogen and oxygen atoms in total. The third kappa shape index (κ3) is 1.37. The van der Waals surface area contributed by atoms with E-state index in [1.807, 2.05) is 6.20 Å². The van der Waals surface area contributed by atoms with Crippen LogP contribution in [0.5, 0.6) is 0 Å². The van der Waals surface area contributed by atoms with Crippen molar-refractivity contribution in [2.75, 3.05) is 0 Å². The highest BCUT2D eigenvalue weighted by Gasteiger charge is 2.26. The largest absolute Gasteiger partial charge is 0.261 e. The third-order valence-corrected chi connectivity index (χ3v) is 3.38. The molecule has 0 bridgehead atoms. The van der Waals surface area contributed by atoms with E-state index in [1.54, 1.807) is 5.56 Å². The molecule has 2 fully saturated rings. The summed E-state index contributed by atoms with van der Waals surface area (Å²) in [5.41, 5.74) is 2.90. The Balaban J connectivity index is 1.87. The Hall–Kier alpha value is -0.850. The first-order valence-corrected chi connectivity index (χ1v) is 5.39. The van der Waals surface area contributed by atoms with Gasteiger partial charge in [0.15, 0.2) is 0 Å². The molecule has 0 atom stereocenters. The summed E-state index contributed by atoms with van der Waals surface area (Å²) < 4.78 is 0. The van der Waals surface area contributed by atoms with Crippen molar-refractivity contribution in [3.8, 4) is 0 Å². The Morgan fingerprint density at radius 2 is 1.92 bits per heavy atom. The van der Waals surface area contributed by atoms with E-state index in [9.17, 15) is 0 Å². The molecule has 2 aliphatic rings. The second-order valence-corrected chi connectivity index (χ2v) is 4.42. The molecule has 0 saturated heterocycles. The van der Waals surface area contributed by atoms with Gasteiger partial charge in [0.1, 0.15) is 0 Å². The Morgan fingerprint density at radius 1 is 1.08 bits per heavy atom. The smallest absolute Gasteiger partial charge is 0.0437 e. The van der Waals surface area contributed by atoms with Crippen LogP contribution < -0.4 is 0 Å². The lowest BCUT2D eigenvalue weighted by molar-refractivity contribution is 0.419. The van der Waals surface area contributed by atoms with Gasteiger partial charge >= 0.3 is 0 Å². The molecule has 2 aliphatic carbocycles. The predicted molar refractivity (Wildman–Crippen MR) is 52.8 cm³/mol. The summed E-state index contributed by atoms with van der Waals surface area (Å²) in [6.07, 6.45) is 8.94. The molecule has 0 aliphatic heterocycles. The van der Waals surface area contributed by atoms with Crippen molar-refractivity contribution in [1.29, 1.82) is 0 Å². The minimum atomic E-state index is 0.806. The molecule has 1 heterocycles. The molecule has 0 spiro atoms. The summed E-state index contributed by atoms with van der Waals surface area (Å²) in [6.45, 7) is 0. The zero-order valence-corrected chi connectivity index (χ0v) is 7.87. The molecule has 1 heteroatoms. The van der Waals surface area contributed by atoms with Gasteiger partial charge in [0.2, 0.25) is 0 Å². The fourth-order valence-electron chi connectivity index (χ4n) is 2.06. The second-order valence-electron chi connectivity index (χ2n) is 4.42. The van der Waals surface area contributed by atoms with Gasteiger partial charge in [0, 0.05) is 17.8 Å². The molecule has 0 radical (unpaired) electrons. The first-order valence-electron chi connectivity index (χ1n) is 5.39. The van der Waals surface area contributed by atoms with Crippen LogP contribution >= 0.6 is 0 Å². The Kier molecular flexibility index (Phi) is 1.64. The van der Waals surface area contributed by atoms with E-state index in [0.717, 1.165) is 11.8 Å². The van der Waals surface area contributed by atoms with Gasteiger partial charge in [-0.25, -0.2) is 0 Å². The molecular weight excluding hydrogens is 158 g/mol. The summed E-state index contributed by atoms with van der Waals surface area (Å²) in [7, 11) is 0. The maximum atomic E-state index is 4.44. The average Bonchev–Trinajstić information content (AvgIpc) is 2.83. The van der Waals surface area contributed by atoms with Gasteiger partial charge in [-0.15, -0.1) is 0 Å². The molecule has 3 rings (SSSR count). The lowest BCUT2D eigenvalue weighted by Crippen LogP contribution is -2.09. The Labute approximate surface area is 79.2 Å². The van der Waals surface area contributed by atoms with E-state index in [-0.39, 0.29) is 0 Å². The van der Waals surface area contributed by atoms with Crippen LogP contribution in [0.2, 0.25) is 0 Å².